The van der Waals surface area contributed by atoms with Crippen molar-refractivity contribution in [2.45, 2.75) is 38.6 Å². The first-order valence-corrected chi connectivity index (χ1v) is 11.6. The van der Waals surface area contributed by atoms with Crippen LogP contribution in [0.1, 0.15) is 36.3 Å². The van der Waals surface area contributed by atoms with Gasteiger partial charge < -0.3 is 4.90 Å². The van der Waals surface area contributed by atoms with Gasteiger partial charge in [-0.1, -0.05) is 24.3 Å². The van der Waals surface area contributed by atoms with Crippen molar-refractivity contribution < 1.29 is 9.18 Å². The molecule has 2 heterocycles. The molecule has 1 amide bonds. The maximum atomic E-state index is 13.1. The highest BCUT2D eigenvalue weighted by Crippen LogP contribution is 2.23. The van der Waals surface area contributed by atoms with Gasteiger partial charge in [-0.05, 0) is 55.5 Å². The maximum Gasteiger partial charge on any atom is 0.222 e. The molecule has 1 aliphatic heterocycles. The van der Waals surface area contributed by atoms with Gasteiger partial charge in [0.25, 0.3) is 0 Å². The van der Waals surface area contributed by atoms with E-state index in [-0.39, 0.29) is 11.7 Å². The Labute approximate surface area is 181 Å². The minimum absolute atomic E-state index is 0.200. The lowest BCUT2D eigenvalue weighted by atomic mass is 10.2. The third kappa shape index (κ3) is 5.64. The molecule has 0 N–H and O–H groups in total. The zero-order valence-electron chi connectivity index (χ0n) is 17.2. The van der Waals surface area contributed by atoms with E-state index in [1.807, 2.05) is 29.2 Å². The molecule has 0 saturated carbocycles. The van der Waals surface area contributed by atoms with E-state index in [4.69, 9.17) is 0 Å². The van der Waals surface area contributed by atoms with Crippen molar-refractivity contribution in [3.63, 3.8) is 0 Å². The SMILES string of the molecule is O=C(CCCCc1nc2ccccc2s1)N1CCCN(Cc2ccc(F)cc2)CC1. The van der Waals surface area contributed by atoms with Crippen LogP contribution in [-0.4, -0.2) is 46.9 Å². The summed E-state index contributed by atoms with van der Waals surface area (Å²) < 4.78 is 14.3. The summed E-state index contributed by atoms with van der Waals surface area (Å²) in [4.78, 5) is 21.7. The van der Waals surface area contributed by atoms with Crippen molar-refractivity contribution in [3.8, 4) is 0 Å². The minimum atomic E-state index is -0.200. The molecule has 0 unspecified atom stereocenters. The fourth-order valence-corrected chi connectivity index (χ4v) is 4.97. The number of carbonyl (C=O) groups is 1. The van der Waals surface area contributed by atoms with Crippen LogP contribution in [0.25, 0.3) is 10.2 Å². The fraction of sp³-hybridized carbons (Fsp3) is 0.417. The molecule has 158 valence electrons. The monoisotopic (exact) mass is 425 g/mol. The van der Waals surface area contributed by atoms with Crippen LogP contribution in [0.5, 0.6) is 0 Å². The first-order valence-electron chi connectivity index (χ1n) is 10.8. The molecular formula is C24H28FN3OS. The van der Waals surface area contributed by atoms with Crippen molar-refractivity contribution in [2.75, 3.05) is 26.2 Å². The lowest BCUT2D eigenvalue weighted by Crippen LogP contribution is -2.34. The molecule has 0 bridgehead atoms. The Morgan fingerprint density at radius 3 is 2.67 bits per heavy atom. The number of benzene rings is 2. The van der Waals surface area contributed by atoms with Crippen molar-refractivity contribution in [2.24, 2.45) is 0 Å². The van der Waals surface area contributed by atoms with Gasteiger partial charge in [0.2, 0.25) is 5.91 Å². The third-order valence-corrected chi connectivity index (χ3v) is 6.73. The number of para-hydroxylation sites is 1. The zero-order chi connectivity index (χ0) is 20.8. The molecule has 1 saturated heterocycles. The van der Waals surface area contributed by atoms with E-state index in [0.29, 0.717) is 6.42 Å². The van der Waals surface area contributed by atoms with Gasteiger partial charge in [0.15, 0.2) is 0 Å². The molecule has 6 heteroatoms. The number of nitrogens with zero attached hydrogens (tertiary/aromatic N) is 3. The summed E-state index contributed by atoms with van der Waals surface area (Å²) in [6.45, 7) is 4.26. The second-order valence-electron chi connectivity index (χ2n) is 7.92. The van der Waals surface area contributed by atoms with E-state index < -0.39 is 0 Å². The standard InChI is InChI=1S/C24H28FN3OS/c25-20-12-10-19(11-13-20)18-27-14-5-15-28(17-16-27)24(29)9-4-3-8-23-26-21-6-1-2-7-22(21)30-23/h1-2,6-7,10-13H,3-5,8-9,14-18H2. The summed E-state index contributed by atoms with van der Waals surface area (Å²) in [6, 6.07) is 14.9. The molecule has 1 aliphatic rings. The second kappa shape index (κ2) is 10.1. The van der Waals surface area contributed by atoms with Gasteiger partial charge in [0.1, 0.15) is 5.82 Å². The van der Waals surface area contributed by atoms with Gasteiger partial charge in [-0.3, -0.25) is 9.69 Å². The molecular weight excluding hydrogens is 397 g/mol. The van der Waals surface area contributed by atoms with E-state index in [1.165, 1.54) is 16.8 Å². The summed E-state index contributed by atoms with van der Waals surface area (Å²) in [5.41, 5.74) is 2.19. The van der Waals surface area contributed by atoms with Crippen LogP contribution in [-0.2, 0) is 17.8 Å². The van der Waals surface area contributed by atoms with Crippen molar-refractivity contribution >= 4 is 27.5 Å². The van der Waals surface area contributed by atoms with Gasteiger partial charge in [-0.25, -0.2) is 9.37 Å². The Morgan fingerprint density at radius 2 is 1.83 bits per heavy atom. The number of aryl methyl sites for hydroxylation is 1. The first-order chi connectivity index (χ1) is 14.7. The van der Waals surface area contributed by atoms with Crippen LogP contribution in [0.3, 0.4) is 0 Å². The normalized spacial score (nSPS) is 15.4. The average molecular weight is 426 g/mol. The topological polar surface area (TPSA) is 36.4 Å². The molecule has 30 heavy (non-hydrogen) atoms. The van der Waals surface area contributed by atoms with E-state index in [2.05, 4.69) is 22.0 Å². The highest BCUT2D eigenvalue weighted by atomic mass is 32.1. The summed E-state index contributed by atoms with van der Waals surface area (Å²) >= 11 is 1.76. The fourth-order valence-electron chi connectivity index (χ4n) is 3.96. The Bertz CT molecular complexity index is 939. The van der Waals surface area contributed by atoms with E-state index in [9.17, 15) is 9.18 Å². The van der Waals surface area contributed by atoms with Crippen LogP contribution >= 0.6 is 11.3 Å². The molecule has 0 spiro atoms. The van der Waals surface area contributed by atoms with Crippen LogP contribution in [0.2, 0.25) is 0 Å². The quantitative estimate of drug-likeness (QED) is 0.506. The first kappa shape index (κ1) is 20.9. The summed E-state index contributed by atoms with van der Waals surface area (Å²) in [7, 11) is 0. The van der Waals surface area contributed by atoms with Crippen molar-refractivity contribution in [1.82, 2.24) is 14.8 Å². The number of fused-ring (bicyclic) bond motifs is 1. The number of amides is 1. The van der Waals surface area contributed by atoms with Crippen LogP contribution in [0, 0.1) is 5.82 Å². The molecule has 0 radical (unpaired) electrons. The highest BCUT2D eigenvalue weighted by Gasteiger charge is 2.19. The maximum absolute atomic E-state index is 13.1. The zero-order valence-corrected chi connectivity index (χ0v) is 18.0. The van der Waals surface area contributed by atoms with Gasteiger partial charge in [-0.15, -0.1) is 11.3 Å². The number of halogens is 1. The van der Waals surface area contributed by atoms with E-state index in [1.54, 1.807) is 11.3 Å². The molecule has 1 aromatic heterocycles. The van der Waals surface area contributed by atoms with Crippen LogP contribution < -0.4 is 0 Å². The van der Waals surface area contributed by atoms with Gasteiger partial charge in [0.05, 0.1) is 15.2 Å². The van der Waals surface area contributed by atoms with Crippen molar-refractivity contribution in [3.05, 3.63) is 64.9 Å². The molecule has 0 aliphatic carbocycles. The molecule has 2 aromatic carbocycles. The number of rotatable bonds is 7. The van der Waals surface area contributed by atoms with E-state index in [0.717, 1.165) is 74.5 Å². The number of aromatic nitrogens is 1. The highest BCUT2D eigenvalue weighted by molar-refractivity contribution is 7.18. The Hall–Kier alpha value is -2.31. The number of carbonyl (C=O) groups excluding carboxylic acids is 1. The molecule has 4 rings (SSSR count). The summed E-state index contributed by atoms with van der Waals surface area (Å²) in [6.07, 6.45) is 4.44. The number of unbranched alkanes of at least 4 members (excludes halogenated alkanes) is 1. The summed E-state index contributed by atoms with van der Waals surface area (Å²) in [5, 5.41) is 1.16. The largest absolute Gasteiger partial charge is 0.341 e. The van der Waals surface area contributed by atoms with Crippen molar-refractivity contribution in [1.29, 1.82) is 0 Å². The Morgan fingerprint density at radius 1 is 1.00 bits per heavy atom. The molecule has 4 nitrogen and oxygen atoms in total. The molecule has 3 aromatic rings. The molecule has 1 fully saturated rings. The average Bonchev–Trinajstić information content (AvgIpc) is 3.03. The lowest BCUT2D eigenvalue weighted by molar-refractivity contribution is -0.131. The third-order valence-electron chi connectivity index (χ3n) is 5.63. The smallest absolute Gasteiger partial charge is 0.222 e. The molecule has 0 atom stereocenters. The predicted octanol–water partition coefficient (Wildman–Crippen LogP) is 4.88. The van der Waals surface area contributed by atoms with Crippen LogP contribution in [0.15, 0.2) is 48.5 Å². The minimum Gasteiger partial charge on any atom is -0.341 e. The van der Waals surface area contributed by atoms with Gasteiger partial charge in [-0.2, -0.15) is 0 Å². The van der Waals surface area contributed by atoms with Gasteiger partial charge >= 0.3 is 0 Å². The van der Waals surface area contributed by atoms with Gasteiger partial charge in [0, 0.05) is 39.1 Å². The number of hydrogen-bond acceptors (Lipinski definition) is 4. The number of hydrogen-bond donors (Lipinski definition) is 0. The second-order valence-corrected chi connectivity index (χ2v) is 9.03. The number of thiazole rings is 1. The summed E-state index contributed by atoms with van der Waals surface area (Å²) in [5.74, 6) is 0.0671. The van der Waals surface area contributed by atoms with E-state index >= 15 is 0 Å². The van der Waals surface area contributed by atoms with Crippen LogP contribution in [0.4, 0.5) is 4.39 Å². The predicted molar refractivity (Wildman–Crippen MR) is 120 cm³/mol. The Kier molecular flexibility index (Phi) is 7.07. The Balaban J connectivity index is 1.18. The lowest BCUT2D eigenvalue weighted by Gasteiger charge is -2.22.